The minimum atomic E-state index is -3.09. The van der Waals surface area contributed by atoms with Crippen LogP contribution in [0.25, 0.3) is 0 Å². The van der Waals surface area contributed by atoms with Crippen LogP contribution in [-0.4, -0.2) is 49.0 Å². The van der Waals surface area contributed by atoms with Crippen molar-refractivity contribution in [2.45, 2.75) is 30.4 Å². The van der Waals surface area contributed by atoms with E-state index in [0.717, 1.165) is 18.6 Å². The monoisotopic (exact) mass is 284 g/mol. The van der Waals surface area contributed by atoms with Crippen LogP contribution in [0.4, 0.5) is 0 Å². The highest BCUT2D eigenvalue weighted by Crippen LogP contribution is 2.40. The van der Waals surface area contributed by atoms with Crippen LogP contribution in [0, 0.1) is 0 Å². The Labute approximate surface area is 111 Å². The van der Waals surface area contributed by atoms with Gasteiger partial charge in [-0.1, -0.05) is 5.16 Å². The predicted octanol–water partition coefficient (Wildman–Crippen LogP) is 0.811. The van der Waals surface area contributed by atoms with Gasteiger partial charge in [-0.2, -0.15) is 0 Å². The second-order valence-electron chi connectivity index (χ2n) is 5.38. The third-order valence-electron chi connectivity index (χ3n) is 3.76. The number of aromatic nitrogens is 1. The Bertz CT molecular complexity index is 603. The average Bonchev–Trinajstić information content (AvgIpc) is 2.91. The molecule has 0 unspecified atom stereocenters. The summed E-state index contributed by atoms with van der Waals surface area (Å²) in [5.74, 6) is 0.945. The number of likely N-dealkylation sites (tertiary alicyclic amines) is 1. The van der Waals surface area contributed by atoms with E-state index >= 15 is 0 Å². The van der Waals surface area contributed by atoms with Crippen molar-refractivity contribution >= 4 is 15.7 Å². The summed E-state index contributed by atoms with van der Waals surface area (Å²) in [6.45, 7) is 0.714. The molecule has 1 aliphatic carbocycles. The van der Waals surface area contributed by atoms with Crippen molar-refractivity contribution in [1.29, 1.82) is 0 Å². The third kappa shape index (κ3) is 2.51. The van der Waals surface area contributed by atoms with Gasteiger partial charge in [-0.15, -0.1) is 0 Å². The predicted molar refractivity (Wildman–Crippen MR) is 67.6 cm³/mol. The van der Waals surface area contributed by atoms with Crippen LogP contribution in [0.5, 0.6) is 0 Å². The topological polar surface area (TPSA) is 80.5 Å². The van der Waals surface area contributed by atoms with Crippen LogP contribution in [0.2, 0.25) is 0 Å². The quantitative estimate of drug-likeness (QED) is 0.820. The number of carbonyl (C=O) groups is 1. The second kappa shape index (κ2) is 4.33. The van der Waals surface area contributed by atoms with E-state index in [9.17, 15) is 13.2 Å². The summed E-state index contributed by atoms with van der Waals surface area (Å²) in [7, 11) is -3.09. The molecule has 104 valence electrons. The number of amides is 1. The maximum atomic E-state index is 12.2. The standard InChI is InChI=1S/C12H16N2O4S/c1-19(16,17)9-4-5-14(7-9)12(15)10-6-11(18-13-10)8-2-3-8/h6,8-9H,2-5,7H2,1H3/t9-/m0/s1. The van der Waals surface area contributed by atoms with E-state index in [0.29, 0.717) is 18.9 Å². The molecule has 0 aromatic carbocycles. The van der Waals surface area contributed by atoms with Crippen LogP contribution in [-0.2, 0) is 9.84 Å². The normalized spacial score (nSPS) is 23.8. The molecule has 1 atom stereocenters. The smallest absolute Gasteiger partial charge is 0.276 e. The average molecular weight is 284 g/mol. The highest BCUT2D eigenvalue weighted by Gasteiger charge is 2.35. The van der Waals surface area contributed by atoms with Gasteiger partial charge in [0.25, 0.3) is 5.91 Å². The molecule has 6 nitrogen and oxygen atoms in total. The van der Waals surface area contributed by atoms with Crippen molar-refractivity contribution in [3.63, 3.8) is 0 Å². The molecule has 0 radical (unpaired) electrons. The summed E-state index contributed by atoms with van der Waals surface area (Å²) in [6.07, 6.45) is 3.89. The molecule has 0 N–H and O–H groups in total. The largest absolute Gasteiger partial charge is 0.360 e. The molecule has 0 spiro atoms. The van der Waals surface area contributed by atoms with Crippen molar-refractivity contribution < 1.29 is 17.7 Å². The van der Waals surface area contributed by atoms with Crippen LogP contribution >= 0.6 is 0 Å². The van der Waals surface area contributed by atoms with Gasteiger partial charge >= 0.3 is 0 Å². The number of nitrogens with zero attached hydrogens (tertiary/aromatic N) is 2. The van der Waals surface area contributed by atoms with Crippen LogP contribution in [0.1, 0.15) is 41.4 Å². The van der Waals surface area contributed by atoms with Gasteiger partial charge in [0.2, 0.25) is 0 Å². The zero-order valence-corrected chi connectivity index (χ0v) is 11.5. The van der Waals surface area contributed by atoms with Crippen LogP contribution in [0.15, 0.2) is 10.6 Å². The first kappa shape index (κ1) is 12.7. The molecule has 2 heterocycles. The molecule has 2 fully saturated rings. The Morgan fingerprint density at radius 3 is 2.74 bits per heavy atom. The van der Waals surface area contributed by atoms with Crippen molar-refractivity contribution in [1.82, 2.24) is 10.1 Å². The summed E-state index contributed by atoms with van der Waals surface area (Å²) in [6, 6.07) is 1.69. The highest BCUT2D eigenvalue weighted by molar-refractivity contribution is 7.91. The van der Waals surface area contributed by atoms with Crippen molar-refractivity contribution in [2.75, 3.05) is 19.3 Å². The maximum absolute atomic E-state index is 12.2. The Morgan fingerprint density at radius 1 is 1.42 bits per heavy atom. The lowest BCUT2D eigenvalue weighted by molar-refractivity contribution is 0.0783. The molecule has 1 aromatic rings. The minimum Gasteiger partial charge on any atom is -0.360 e. The van der Waals surface area contributed by atoms with Gasteiger partial charge in [-0.05, 0) is 19.3 Å². The van der Waals surface area contributed by atoms with Crippen LogP contribution < -0.4 is 0 Å². The summed E-state index contributed by atoms with van der Waals surface area (Å²) in [5.41, 5.74) is 0.288. The minimum absolute atomic E-state index is 0.234. The SMILES string of the molecule is CS(=O)(=O)[C@H]1CCN(C(=O)c2cc(C3CC3)on2)C1. The van der Waals surface area contributed by atoms with Crippen LogP contribution in [0.3, 0.4) is 0 Å². The summed E-state index contributed by atoms with van der Waals surface area (Å²) >= 11 is 0. The van der Waals surface area contributed by atoms with Gasteiger partial charge in [0, 0.05) is 31.3 Å². The molecule has 1 aromatic heterocycles. The van der Waals surface area contributed by atoms with Gasteiger partial charge in [0.15, 0.2) is 15.5 Å². The number of carbonyl (C=O) groups excluding carboxylic acids is 1. The summed E-state index contributed by atoms with van der Waals surface area (Å²) in [4.78, 5) is 13.7. The molecule has 7 heteroatoms. The number of hydrogen-bond acceptors (Lipinski definition) is 5. The van der Waals surface area contributed by atoms with Crippen molar-refractivity contribution in [3.8, 4) is 0 Å². The highest BCUT2D eigenvalue weighted by atomic mass is 32.2. The lowest BCUT2D eigenvalue weighted by atomic mass is 10.2. The summed E-state index contributed by atoms with van der Waals surface area (Å²) in [5, 5.41) is 3.34. The van der Waals surface area contributed by atoms with E-state index in [4.69, 9.17) is 4.52 Å². The first-order valence-corrected chi connectivity index (χ1v) is 8.35. The Kier molecular flexibility index (Phi) is 2.88. The number of sulfone groups is 1. The lowest BCUT2D eigenvalue weighted by Crippen LogP contribution is -2.31. The van der Waals surface area contributed by atoms with Gasteiger partial charge in [-0.25, -0.2) is 8.42 Å². The lowest BCUT2D eigenvalue weighted by Gasteiger charge is -2.13. The van der Waals surface area contributed by atoms with E-state index in [2.05, 4.69) is 5.16 Å². The van der Waals surface area contributed by atoms with Crippen molar-refractivity contribution in [3.05, 3.63) is 17.5 Å². The molecule has 0 bridgehead atoms. The van der Waals surface area contributed by atoms with Gasteiger partial charge in [0.1, 0.15) is 5.76 Å². The Balaban J connectivity index is 1.70. The molecule has 1 amide bonds. The zero-order valence-electron chi connectivity index (χ0n) is 10.7. The first-order valence-electron chi connectivity index (χ1n) is 6.40. The van der Waals surface area contributed by atoms with E-state index in [1.54, 1.807) is 11.0 Å². The molecule has 19 heavy (non-hydrogen) atoms. The molecule has 2 aliphatic rings. The first-order chi connectivity index (χ1) is 8.95. The fraction of sp³-hybridized carbons (Fsp3) is 0.667. The molecular formula is C12H16N2O4S. The Hall–Kier alpha value is -1.37. The summed E-state index contributed by atoms with van der Waals surface area (Å²) < 4.78 is 28.1. The maximum Gasteiger partial charge on any atom is 0.276 e. The fourth-order valence-corrected chi connectivity index (χ4v) is 3.36. The third-order valence-corrected chi connectivity index (χ3v) is 5.36. The van der Waals surface area contributed by atoms with E-state index < -0.39 is 15.1 Å². The number of hydrogen-bond donors (Lipinski definition) is 0. The van der Waals surface area contributed by atoms with Gasteiger partial charge in [0.05, 0.1) is 5.25 Å². The van der Waals surface area contributed by atoms with Gasteiger partial charge < -0.3 is 9.42 Å². The van der Waals surface area contributed by atoms with Crippen molar-refractivity contribution in [2.24, 2.45) is 0 Å². The molecular weight excluding hydrogens is 268 g/mol. The van der Waals surface area contributed by atoms with E-state index in [1.807, 2.05) is 0 Å². The fourth-order valence-electron chi connectivity index (χ4n) is 2.37. The zero-order chi connectivity index (χ0) is 13.6. The van der Waals surface area contributed by atoms with E-state index in [-0.39, 0.29) is 18.1 Å². The molecule has 1 aliphatic heterocycles. The second-order valence-corrected chi connectivity index (χ2v) is 7.71. The van der Waals surface area contributed by atoms with Gasteiger partial charge in [-0.3, -0.25) is 4.79 Å². The molecule has 1 saturated heterocycles. The van der Waals surface area contributed by atoms with E-state index in [1.165, 1.54) is 6.26 Å². The molecule has 1 saturated carbocycles. The molecule has 3 rings (SSSR count). The Morgan fingerprint density at radius 2 is 2.16 bits per heavy atom. The number of rotatable bonds is 3.